The van der Waals surface area contributed by atoms with Crippen molar-refractivity contribution in [1.29, 1.82) is 0 Å². The lowest BCUT2D eigenvalue weighted by Crippen LogP contribution is -2.36. The zero-order chi connectivity index (χ0) is 22.7. The molecule has 0 spiro atoms. The Labute approximate surface area is 191 Å². The molecule has 0 bridgehead atoms. The molecule has 1 saturated heterocycles. The molecule has 10 heteroatoms. The molecule has 1 fully saturated rings. The van der Waals surface area contributed by atoms with Gasteiger partial charge in [-0.2, -0.15) is 0 Å². The number of amidine groups is 1. The number of nitrogens with zero attached hydrogens (tertiary/aromatic N) is 2. The summed E-state index contributed by atoms with van der Waals surface area (Å²) in [7, 11) is -1.46. The molecule has 0 radical (unpaired) electrons. The molecular formula is C22H25N3O5S2. The van der Waals surface area contributed by atoms with Gasteiger partial charge in [0.2, 0.25) is 5.91 Å². The summed E-state index contributed by atoms with van der Waals surface area (Å²) in [5, 5.41) is 3.45. The Balaban J connectivity index is 1.52. The number of methoxy groups -OCH3 is 1. The highest BCUT2D eigenvalue weighted by Gasteiger charge is 2.44. The number of hydrogen-bond donors (Lipinski definition) is 1. The lowest BCUT2D eigenvalue weighted by atomic mass is 10.2. The first-order chi connectivity index (χ1) is 15.4. The van der Waals surface area contributed by atoms with Gasteiger partial charge in [0.15, 0.2) is 15.0 Å². The van der Waals surface area contributed by atoms with Gasteiger partial charge in [-0.3, -0.25) is 9.79 Å². The lowest BCUT2D eigenvalue weighted by molar-refractivity contribution is -0.114. The van der Waals surface area contributed by atoms with Crippen LogP contribution in [0.15, 0.2) is 53.5 Å². The molecule has 32 heavy (non-hydrogen) atoms. The van der Waals surface area contributed by atoms with E-state index < -0.39 is 9.84 Å². The minimum absolute atomic E-state index is 0.0392. The molecule has 8 nitrogen and oxygen atoms in total. The van der Waals surface area contributed by atoms with Crippen molar-refractivity contribution in [3.63, 3.8) is 0 Å². The topological polar surface area (TPSA) is 97.3 Å². The van der Waals surface area contributed by atoms with Crippen molar-refractivity contribution in [2.24, 2.45) is 4.99 Å². The number of sulfone groups is 1. The maximum Gasteiger partial charge on any atom is 0.244 e. The van der Waals surface area contributed by atoms with Crippen molar-refractivity contribution in [3.8, 4) is 11.5 Å². The van der Waals surface area contributed by atoms with Crippen LogP contribution in [0.25, 0.3) is 0 Å². The van der Waals surface area contributed by atoms with Crippen LogP contribution in [0.1, 0.15) is 6.92 Å². The highest BCUT2D eigenvalue weighted by molar-refractivity contribution is 8.15. The van der Waals surface area contributed by atoms with Crippen molar-refractivity contribution in [2.45, 2.75) is 18.2 Å². The quantitative estimate of drug-likeness (QED) is 0.658. The molecule has 4 rings (SSSR count). The van der Waals surface area contributed by atoms with E-state index in [1.165, 1.54) is 11.8 Å². The summed E-state index contributed by atoms with van der Waals surface area (Å²) in [6, 6.07) is 14.3. The number of hydrogen-bond acceptors (Lipinski definition) is 8. The number of ether oxygens (including phenoxy) is 2. The lowest BCUT2D eigenvalue weighted by Gasteiger charge is -2.24. The molecule has 2 atom stereocenters. The maximum absolute atomic E-state index is 12.9. The van der Waals surface area contributed by atoms with E-state index in [1.54, 1.807) is 31.4 Å². The highest BCUT2D eigenvalue weighted by atomic mass is 32.2. The molecule has 1 amide bonds. The van der Waals surface area contributed by atoms with E-state index in [1.807, 2.05) is 36.1 Å². The number of nitrogens with one attached hydrogen (secondary N) is 1. The van der Waals surface area contributed by atoms with E-state index in [4.69, 9.17) is 9.47 Å². The number of rotatable bonds is 7. The third-order valence-electron chi connectivity index (χ3n) is 5.17. The Morgan fingerprint density at radius 2 is 1.81 bits per heavy atom. The summed E-state index contributed by atoms with van der Waals surface area (Å²) in [6.45, 7) is 2.53. The first-order valence-electron chi connectivity index (χ1n) is 10.3. The van der Waals surface area contributed by atoms with Crippen LogP contribution in [-0.4, -0.2) is 62.6 Å². The van der Waals surface area contributed by atoms with Gasteiger partial charge in [0.1, 0.15) is 18.0 Å². The van der Waals surface area contributed by atoms with Gasteiger partial charge in [-0.25, -0.2) is 8.42 Å². The first kappa shape index (κ1) is 22.5. The third-order valence-corrected chi connectivity index (χ3v) is 8.42. The van der Waals surface area contributed by atoms with Gasteiger partial charge in [0.25, 0.3) is 0 Å². The average molecular weight is 476 g/mol. The normalized spacial score (nSPS) is 20.9. The van der Waals surface area contributed by atoms with Crippen LogP contribution in [0.4, 0.5) is 11.4 Å². The van der Waals surface area contributed by atoms with Gasteiger partial charge in [-0.1, -0.05) is 11.8 Å². The van der Waals surface area contributed by atoms with Crippen molar-refractivity contribution >= 4 is 44.0 Å². The zero-order valence-corrected chi connectivity index (χ0v) is 19.5. The maximum atomic E-state index is 12.9. The number of amides is 1. The SMILES string of the molecule is CCOc1ccc(NC(=O)CN(C2=N[C@@H]3CS(=O)(=O)C[C@H]3S2)c2ccc(OC)cc2)cc1. The van der Waals surface area contributed by atoms with Crippen LogP contribution < -0.4 is 19.7 Å². The van der Waals surface area contributed by atoms with Crippen LogP contribution >= 0.6 is 11.8 Å². The average Bonchev–Trinajstić information content (AvgIpc) is 3.27. The van der Waals surface area contributed by atoms with Gasteiger partial charge < -0.3 is 19.7 Å². The van der Waals surface area contributed by atoms with Crippen molar-refractivity contribution < 1.29 is 22.7 Å². The number of carbonyl (C=O) groups excluding carboxylic acids is 1. The van der Waals surface area contributed by atoms with E-state index in [0.29, 0.717) is 23.2 Å². The number of anilines is 2. The molecule has 0 aliphatic carbocycles. The number of aliphatic imine (C=N–C) groups is 1. The van der Waals surface area contributed by atoms with Gasteiger partial charge in [0, 0.05) is 16.6 Å². The highest BCUT2D eigenvalue weighted by Crippen LogP contribution is 2.37. The summed E-state index contributed by atoms with van der Waals surface area (Å²) >= 11 is 1.42. The Morgan fingerprint density at radius 1 is 1.12 bits per heavy atom. The molecule has 2 aromatic carbocycles. The minimum atomic E-state index is -3.05. The van der Waals surface area contributed by atoms with Crippen LogP contribution in [0.5, 0.6) is 11.5 Å². The largest absolute Gasteiger partial charge is 0.497 e. The van der Waals surface area contributed by atoms with Crippen molar-refractivity contribution in [3.05, 3.63) is 48.5 Å². The van der Waals surface area contributed by atoms with Crippen LogP contribution in [0.2, 0.25) is 0 Å². The molecule has 0 unspecified atom stereocenters. The minimum Gasteiger partial charge on any atom is -0.497 e. The number of benzene rings is 2. The molecule has 2 aliphatic heterocycles. The fraction of sp³-hybridized carbons (Fsp3) is 0.364. The Kier molecular flexibility index (Phi) is 6.61. The second-order valence-electron chi connectivity index (χ2n) is 7.50. The summed E-state index contributed by atoms with van der Waals surface area (Å²) in [5.41, 5.74) is 1.44. The molecular weight excluding hydrogens is 450 g/mol. The molecule has 2 heterocycles. The van der Waals surface area contributed by atoms with E-state index in [-0.39, 0.29) is 35.2 Å². The summed E-state index contributed by atoms with van der Waals surface area (Å²) in [6.07, 6.45) is 0. The van der Waals surface area contributed by atoms with E-state index in [9.17, 15) is 13.2 Å². The van der Waals surface area contributed by atoms with Gasteiger partial charge in [-0.15, -0.1) is 0 Å². The smallest absolute Gasteiger partial charge is 0.244 e. The van der Waals surface area contributed by atoms with Gasteiger partial charge >= 0.3 is 0 Å². The van der Waals surface area contributed by atoms with Crippen LogP contribution in [-0.2, 0) is 14.6 Å². The molecule has 0 aromatic heterocycles. The summed E-state index contributed by atoms with van der Waals surface area (Å²) in [5.74, 6) is 1.41. The molecule has 1 N–H and O–H groups in total. The van der Waals surface area contributed by atoms with Gasteiger partial charge in [0.05, 0.1) is 31.3 Å². The number of carbonyl (C=O) groups is 1. The molecule has 2 aromatic rings. The summed E-state index contributed by atoms with van der Waals surface area (Å²) < 4.78 is 34.5. The van der Waals surface area contributed by atoms with E-state index >= 15 is 0 Å². The molecule has 0 saturated carbocycles. The van der Waals surface area contributed by atoms with E-state index in [0.717, 1.165) is 11.4 Å². The Morgan fingerprint density at radius 3 is 2.44 bits per heavy atom. The number of thioether (sulfide) groups is 1. The first-order valence-corrected chi connectivity index (χ1v) is 13.0. The van der Waals surface area contributed by atoms with Gasteiger partial charge in [-0.05, 0) is 55.5 Å². The molecule has 170 valence electrons. The predicted octanol–water partition coefficient (Wildman–Crippen LogP) is 2.81. The Hall–Kier alpha value is -2.72. The second-order valence-corrected chi connectivity index (χ2v) is 10.9. The fourth-order valence-corrected chi connectivity index (χ4v) is 7.43. The van der Waals surface area contributed by atoms with Crippen molar-refractivity contribution in [1.82, 2.24) is 0 Å². The monoisotopic (exact) mass is 475 g/mol. The Bertz CT molecular complexity index is 1100. The van der Waals surface area contributed by atoms with Crippen LogP contribution in [0, 0.1) is 0 Å². The van der Waals surface area contributed by atoms with Crippen molar-refractivity contribution in [2.75, 3.05) is 42.0 Å². The zero-order valence-electron chi connectivity index (χ0n) is 17.9. The predicted molar refractivity (Wildman–Crippen MR) is 128 cm³/mol. The number of fused-ring (bicyclic) bond motifs is 1. The van der Waals surface area contributed by atoms with E-state index in [2.05, 4.69) is 10.3 Å². The second kappa shape index (κ2) is 9.41. The summed E-state index contributed by atoms with van der Waals surface area (Å²) in [4.78, 5) is 19.3. The molecule has 2 aliphatic rings. The van der Waals surface area contributed by atoms with Crippen LogP contribution in [0.3, 0.4) is 0 Å². The standard InChI is InChI=1S/C22H25N3O5S2/c1-3-30-18-8-4-15(5-9-18)23-21(26)12-25(16-6-10-17(29-2)11-7-16)22-24-19-13-32(27,28)14-20(19)31-22/h4-11,19-20H,3,12-14H2,1-2H3,(H,23,26)/t19-,20-/m1/s1. The third kappa shape index (κ3) is 5.18. The fourth-order valence-electron chi connectivity index (χ4n) is 3.65.